The minimum atomic E-state index is -0.401. The van der Waals surface area contributed by atoms with Crippen molar-refractivity contribution in [2.45, 2.75) is 60.2 Å². The van der Waals surface area contributed by atoms with Gasteiger partial charge in [-0.3, -0.25) is 9.97 Å². The number of esters is 3. The van der Waals surface area contributed by atoms with Crippen molar-refractivity contribution >= 4 is 17.9 Å². The van der Waals surface area contributed by atoms with Crippen molar-refractivity contribution in [1.29, 1.82) is 0 Å². The number of hydrogen-bond donors (Lipinski definition) is 0. The third-order valence-electron chi connectivity index (χ3n) is 17.0. The maximum Gasteiger partial charge on any atom is 0.337 e. The highest BCUT2D eigenvalue weighted by molar-refractivity contribution is 5.91. The summed E-state index contributed by atoms with van der Waals surface area (Å²) in [6.45, 7) is 0. The van der Waals surface area contributed by atoms with Gasteiger partial charge in [-0.25, -0.2) is 14.4 Å². The van der Waals surface area contributed by atoms with Crippen molar-refractivity contribution in [2.75, 3.05) is 21.3 Å². The van der Waals surface area contributed by atoms with E-state index < -0.39 is 17.9 Å². The molecule has 0 N–H and O–H groups in total. The predicted molar refractivity (Wildman–Crippen MR) is 325 cm³/mol. The summed E-state index contributed by atoms with van der Waals surface area (Å²) in [6.07, 6.45) is 9.23. The second-order valence-corrected chi connectivity index (χ2v) is 22.3. The Balaban J connectivity index is 0.965. The number of nitrogens with zero attached hydrogens (tertiary/aromatic N) is 2. The Kier molecular flexibility index (Phi) is 14.7. The minimum absolute atomic E-state index is 0.258. The Morgan fingerprint density at radius 3 is 0.976 bits per heavy atom. The first-order chi connectivity index (χ1) is 41.0. The molecule has 2 heterocycles. The van der Waals surface area contributed by atoms with Crippen LogP contribution in [0.15, 0.2) is 213 Å². The molecule has 4 fully saturated rings. The van der Waals surface area contributed by atoms with Gasteiger partial charge < -0.3 is 14.2 Å². The average molecular weight is 1090 g/mol. The third-order valence-corrected chi connectivity index (χ3v) is 17.0. The van der Waals surface area contributed by atoms with Crippen molar-refractivity contribution in [3.63, 3.8) is 0 Å². The van der Waals surface area contributed by atoms with E-state index in [9.17, 15) is 14.4 Å². The Morgan fingerprint density at radius 2 is 0.655 bits per heavy atom. The molecular weight excluding hydrogens is 1040 g/mol. The molecule has 406 valence electrons. The van der Waals surface area contributed by atoms with E-state index in [2.05, 4.69) is 154 Å². The highest BCUT2D eigenvalue weighted by atomic mass is 16.5. The van der Waals surface area contributed by atoms with Crippen LogP contribution in [0.25, 0.3) is 11.4 Å². The van der Waals surface area contributed by atoms with E-state index in [0.717, 1.165) is 94.4 Å². The molecule has 0 radical (unpaired) electrons. The van der Waals surface area contributed by atoms with Crippen molar-refractivity contribution < 1.29 is 28.6 Å². The number of benzene rings is 7. The van der Waals surface area contributed by atoms with Crippen LogP contribution in [0.4, 0.5) is 0 Å². The van der Waals surface area contributed by atoms with E-state index in [0.29, 0.717) is 16.7 Å². The molecule has 84 heavy (non-hydrogen) atoms. The summed E-state index contributed by atoms with van der Waals surface area (Å²) in [5, 5.41) is 0. The largest absolute Gasteiger partial charge is 0.465 e. The molecule has 13 rings (SSSR count). The molecule has 8 heteroatoms. The fourth-order valence-electron chi connectivity index (χ4n) is 13.8. The quantitative estimate of drug-likeness (QED) is 0.0842. The zero-order valence-electron chi connectivity index (χ0n) is 46.8. The molecule has 0 amide bonds. The van der Waals surface area contributed by atoms with E-state index in [1.807, 2.05) is 66.7 Å². The van der Waals surface area contributed by atoms with Crippen LogP contribution in [0, 0.1) is 47.4 Å². The monoisotopic (exact) mass is 1090 g/mol. The molecule has 4 aliphatic rings. The van der Waals surface area contributed by atoms with Gasteiger partial charge in [0.1, 0.15) is 5.69 Å². The van der Waals surface area contributed by atoms with Crippen molar-refractivity contribution in [2.24, 2.45) is 0 Å². The van der Waals surface area contributed by atoms with Gasteiger partial charge in [0.05, 0.1) is 49.3 Å². The lowest BCUT2D eigenvalue weighted by atomic mass is 9.32. The first-order valence-electron chi connectivity index (χ1n) is 27.9. The first-order valence-corrected chi connectivity index (χ1v) is 27.9. The van der Waals surface area contributed by atoms with Gasteiger partial charge in [-0.2, -0.15) is 0 Å². The summed E-state index contributed by atoms with van der Waals surface area (Å²) in [5.41, 5.74) is 13.5. The molecular formula is C76H56N2O6. The van der Waals surface area contributed by atoms with Gasteiger partial charge >= 0.3 is 17.9 Å². The lowest BCUT2D eigenvalue weighted by Crippen LogP contribution is -2.67. The smallest absolute Gasteiger partial charge is 0.337 e. The zero-order valence-corrected chi connectivity index (χ0v) is 46.8. The van der Waals surface area contributed by atoms with Crippen LogP contribution >= 0.6 is 0 Å². The van der Waals surface area contributed by atoms with Crippen LogP contribution in [0.1, 0.15) is 136 Å². The van der Waals surface area contributed by atoms with Crippen molar-refractivity contribution in [1.82, 2.24) is 9.97 Å². The molecule has 7 aromatic carbocycles. The van der Waals surface area contributed by atoms with Gasteiger partial charge in [-0.15, -0.1) is 0 Å². The minimum Gasteiger partial charge on any atom is -0.465 e. The third kappa shape index (κ3) is 10.9. The van der Waals surface area contributed by atoms with Gasteiger partial charge in [0.2, 0.25) is 0 Å². The van der Waals surface area contributed by atoms with E-state index >= 15 is 0 Å². The number of carbonyl (C=O) groups is 3. The van der Waals surface area contributed by atoms with Crippen LogP contribution in [-0.2, 0) is 35.9 Å². The summed E-state index contributed by atoms with van der Waals surface area (Å²) in [5.74, 6) is 25.7. The van der Waals surface area contributed by atoms with Crippen LogP contribution < -0.4 is 0 Å². The van der Waals surface area contributed by atoms with E-state index in [1.165, 1.54) is 43.6 Å². The molecule has 0 aliphatic heterocycles. The molecule has 0 unspecified atom stereocenters. The van der Waals surface area contributed by atoms with E-state index in [-0.39, 0.29) is 21.7 Å². The molecule has 2 aromatic heterocycles. The number of methoxy groups -OCH3 is 3. The molecule has 4 bridgehead atoms. The van der Waals surface area contributed by atoms with Crippen molar-refractivity contribution in [3.05, 3.63) is 296 Å². The molecule has 0 atom stereocenters. The van der Waals surface area contributed by atoms with Gasteiger partial charge in [0.25, 0.3) is 0 Å². The Bertz CT molecular complexity index is 3950. The number of rotatable bonds is 8. The Labute approximate surface area is 490 Å². The maximum atomic E-state index is 12.4. The zero-order chi connectivity index (χ0) is 57.7. The molecule has 9 aromatic rings. The SMILES string of the molecule is COC(=O)c1cccc(C#Cc2ccc(C34CC5(c6ccc(C#Cc7cccc(C(=O)OC)c7)cc6)CC(c6ccc(C#Cc7cccc(C(=O)OC)c7)cc6)(C3)CC(c3ccc(C#Cc6cccnc6-c6ccccn6)cc3)(C4)C5)cc2)c1. The standard InChI is InChI=1S/C76H56N2O6/c1-82-70(79)61-13-6-10-57(44-61)21-18-53-25-34-64(35-26-53)73-47-74(65-36-27-54(28-37-65)19-22-58-11-7-14-62(45-58)71(80)83-2)49-75(48-73,66-38-29-55(30-39-66)20-23-59-12-8-15-63(46-59)72(81)84-3)52-76(50-73,51-74)67-40-31-56(32-41-67)24-33-60-16-9-43-78-69(60)68-17-4-5-42-77-68/h4-17,25-32,34-46H,47-52H2,1-3H3. The molecule has 0 saturated heterocycles. The number of aromatic nitrogens is 2. The van der Waals surface area contributed by atoms with Crippen LogP contribution in [0.5, 0.6) is 0 Å². The summed E-state index contributed by atoms with van der Waals surface area (Å²) in [7, 11) is 4.14. The maximum absolute atomic E-state index is 12.4. The highest BCUT2D eigenvalue weighted by Crippen LogP contribution is 2.74. The van der Waals surface area contributed by atoms with E-state index in [1.54, 1.807) is 48.8 Å². The fourth-order valence-corrected chi connectivity index (χ4v) is 13.8. The normalized spacial score (nSPS) is 19.5. The molecule has 8 nitrogen and oxygen atoms in total. The summed E-state index contributed by atoms with van der Waals surface area (Å²) in [6, 6.07) is 67.0. The molecule has 0 spiro atoms. The summed E-state index contributed by atoms with van der Waals surface area (Å²) in [4.78, 5) is 46.3. The van der Waals surface area contributed by atoms with Gasteiger partial charge in [0, 0.05) is 51.3 Å². The first kappa shape index (κ1) is 54.1. The fraction of sp³-hybridized carbons (Fsp3) is 0.171. The Hall–Kier alpha value is -10.5. The van der Waals surface area contributed by atoms with Gasteiger partial charge in [-0.1, -0.05) is 120 Å². The van der Waals surface area contributed by atoms with Crippen LogP contribution in [0.2, 0.25) is 0 Å². The number of carbonyl (C=O) groups excluding carboxylic acids is 3. The average Bonchev–Trinajstić information content (AvgIpc) is 0.685. The summed E-state index contributed by atoms with van der Waals surface area (Å²) >= 11 is 0. The summed E-state index contributed by atoms with van der Waals surface area (Å²) < 4.78 is 14.9. The number of pyridine rings is 2. The van der Waals surface area contributed by atoms with Crippen molar-refractivity contribution in [3.8, 4) is 58.8 Å². The van der Waals surface area contributed by atoms with Crippen LogP contribution in [0.3, 0.4) is 0 Å². The molecule has 4 saturated carbocycles. The van der Waals surface area contributed by atoms with E-state index in [4.69, 9.17) is 14.2 Å². The van der Waals surface area contributed by atoms with Gasteiger partial charge in [-0.05, 0) is 210 Å². The highest BCUT2D eigenvalue weighted by Gasteiger charge is 2.69. The second-order valence-electron chi connectivity index (χ2n) is 22.3. The lowest BCUT2D eigenvalue weighted by molar-refractivity contribution is -0.0691. The Morgan fingerprint density at radius 1 is 0.333 bits per heavy atom. The number of hydrogen-bond acceptors (Lipinski definition) is 8. The predicted octanol–water partition coefficient (Wildman–Crippen LogP) is 13.5. The lowest BCUT2D eigenvalue weighted by Gasteiger charge is -2.71. The topological polar surface area (TPSA) is 105 Å². The number of ether oxygens (including phenoxy) is 3. The van der Waals surface area contributed by atoms with Crippen LogP contribution in [-0.4, -0.2) is 49.2 Å². The second kappa shape index (κ2) is 22.8. The molecule has 4 aliphatic carbocycles. The van der Waals surface area contributed by atoms with Gasteiger partial charge in [0.15, 0.2) is 0 Å².